The maximum absolute atomic E-state index is 12.5. The fraction of sp³-hybridized carbons (Fsp3) is 0.450. The van der Waals surface area contributed by atoms with E-state index in [9.17, 15) is 4.79 Å². The van der Waals surface area contributed by atoms with Gasteiger partial charge in [0.15, 0.2) is 5.78 Å². The summed E-state index contributed by atoms with van der Waals surface area (Å²) in [6.45, 7) is 2.22. The molecule has 0 fully saturated rings. The molecule has 0 bridgehead atoms. The minimum absolute atomic E-state index is 0.321. The van der Waals surface area contributed by atoms with Crippen molar-refractivity contribution in [2.45, 2.75) is 58.3 Å². The molecular formula is C20H24O. The van der Waals surface area contributed by atoms with Gasteiger partial charge in [-0.2, -0.15) is 0 Å². The third-order valence-electron chi connectivity index (χ3n) is 4.68. The van der Waals surface area contributed by atoms with E-state index in [0.29, 0.717) is 12.2 Å². The normalized spacial score (nSPS) is 13.0. The highest BCUT2D eigenvalue weighted by Crippen LogP contribution is 2.33. The predicted octanol–water partition coefficient (Wildman–Crippen LogP) is 5.48. The number of rotatable bonds is 7. The largest absolute Gasteiger partial charge is 0.294 e. The fourth-order valence-corrected chi connectivity index (χ4v) is 3.51. The molecule has 1 nitrogen and oxygen atoms in total. The molecule has 0 aliphatic heterocycles. The van der Waals surface area contributed by atoms with Crippen LogP contribution >= 0.6 is 0 Å². The Morgan fingerprint density at radius 3 is 2.52 bits per heavy atom. The van der Waals surface area contributed by atoms with E-state index in [1.165, 1.54) is 47.6 Å². The molecule has 0 unspecified atom stereocenters. The molecule has 2 aromatic rings. The van der Waals surface area contributed by atoms with Gasteiger partial charge in [0.05, 0.1) is 0 Å². The van der Waals surface area contributed by atoms with Gasteiger partial charge < -0.3 is 0 Å². The van der Waals surface area contributed by atoms with Crippen molar-refractivity contribution in [1.82, 2.24) is 0 Å². The van der Waals surface area contributed by atoms with Crippen LogP contribution in [0.5, 0.6) is 0 Å². The Bertz CT molecular complexity index is 644. The van der Waals surface area contributed by atoms with Gasteiger partial charge in [0, 0.05) is 12.0 Å². The molecule has 0 amide bonds. The molecule has 1 aliphatic carbocycles. The highest BCUT2D eigenvalue weighted by atomic mass is 16.1. The maximum atomic E-state index is 12.5. The van der Waals surface area contributed by atoms with E-state index >= 15 is 0 Å². The predicted molar refractivity (Wildman–Crippen MR) is 89.1 cm³/mol. The topological polar surface area (TPSA) is 17.1 Å². The zero-order valence-electron chi connectivity index (χ0n) is 13.0. The summed E-state index contributed by atoms with van der Waals surface area (Å²) in [4.78, 5) is 12.5. The van der Waals surface area contributed by atoms with Crippen LogP contribution in [0.2, 0.25) is 0 Å². The van der Waals surface area contributed by atoms with E-state index < -0.39 is 0 Å². The summed E-state index contributed by atoms with van der Waals surface area (Å²) in [6.07, 6.45) is 8.96. The first-order valence-electron chi connectivity index (χ1n) is 8.38. The molecule has 0 N–H and O–H groups in total. The zero-order chi connectivity index (χ0) is 14.7. The Labute approximate surface area is 127 Å². The van der Waals surface area contributed by atoms with E-state index in [-0.39, 0.29) is 0 Å². The third-order valence-corrected chi connectivity index (χ3v) is 4.68. The lowest BCUT2D eigenvalue weighted by Gasteiger charge is -2.08. The average molecular weight is 280 g/mol. The molecule has 0 saturated heterocycles. The number of ketones is 1. The number of benzene rings is 2. The van der Waals surface area contributed by atoms with E-state index in [2.05, 4.69) is 37.3 Å². The van der Waals surface area contributed by atoms with E-state index in [1.54, 1.807) is 0 Å². The number of aryl methyl sites for hydroxylation is 2. The van der Waals surface area contributed by atoms with E-state index in [4.69, 9.17) is 0 Å². The minimum Gasteiger partial charge on any atom is -0.294 e. The summed E-state index contributed by atoms with van der Waals surface area (Å²) in [5, 5.41) is 2.54. The first-order valence-corrected chi connectivity index (χ1v) is 8.38. The second kappa shape index (κ2) is 6.43. The molecule has 110 valence electrons. The van der Waals surface area contributed by atoms with Gasteiger partial charge in [0.1, 0.15) is 0 Å². The summed E-state index contributed by atoms with van der Waals surface area (Å²) < 4.78 is 0. The summed E-state index contributed by atoms with van der Waals surface area (Å²) in [7, 11) is 0. The first kappa shape index (κ1) is 14.3. The molecular weight excluding hydrogens is 256 g/mol. The van der Waals surface area contributed by atoms with E-state index in [0.717, 1.165) is 24.8 Å². The number of Topliss-reactive ketones (excluding diaryl/α,β-unsaturated/α-hetero) is 1. The maximum Gasteiger partial charge on any atom is 0.163 e. The fourth-order valence-electron chi connectivity index (χ4n) is 3.51. The van der Waals surface area contributed by atoms with Gasteiger partial charge in [-0.05, 0) is 41.2 Å². The van der Waals surface area contributed by atoms with Crippen molar-refractivity contribution in [1.29, 1.82) is 0 Å². The second-order valence-corrected chi connectivity index (χ2v) is 6.20. The Kier molecular flexibility index (Phi) is 4.38. The van der Waals surface area contributed by atoms with Crippen molar-refractivity contribution in [3.8, 4) is 0 Å². The van der Waals surface area contributed by atoms with Crippen LogP contribution < -0.4 is 0 Å². The van der Waals surface area contributed by atoms with Crippen molar-refractivity contribution in [2.75, 3.05) is 0 Å². The van der Waals surface area contributed by atoms with Crippen LogP contribution in [0.4, 0.5) is 0 Å². The van der Waals surface area contributed by atoms with Gasteiger partial charge in [0.2, 0.25) is 0 Å². The van der Waals surface area contributed by atoms with Crippen molar-refractivity contribution >= 4 is 16.6 Å². The summed E-state index contributed by atoms with van der Waals surface area (Å²) >= 11 is 0. The average Bonchev–Trinajstić information content (AvgIpc) is 2.93. The van der Waals surface area contributed by atoms with Crippen LogP contribution in [-0.2, 0) is 12.8 Å². The summed E-state index contributed by atoms with van der Waals surface area (Å²) in [5.41, 5.74) is 3.77. The Morgan fingerprint density at radius 1 is 0.952 bits per heavy atom. The summed E-state index contributed by atoms with van der Waals surface area (Å²) in [6, 6.07) is 10.7. The monoisotopic (exact) mass is 280 g/mol. The van der Waals surface area contributed by atoms with Gasteiger partial charge >= 0.3 is 0 Å². The SMILES string of the molecule is CCCCCCCC(=O)c1ccc2c3c(cccc13)CC2. The molecule has 0 atom stereocenters. The molecule has 0 heterocycles. The van der Waals surface area contributed by atoms with Crippen LogP contribution in [0.15, 0.2) is 30.3 Å². The smallest absolute Gasteiger partial charge is 0.163 e. The van der Waals surface area contributed by atoms with Crippen molar-refractivity contribution in [2.24, 2.45) is 0 Å². The van der Waals surface area contributed by atoms with Crippen LogP contribution in [0.1, 0.15) is 66.9 Å². The van der Waals surface area contributed by atoms with Crippen LogP contribution in [0, 0.1) is 0 Å². The number of hydrogen-bond donors (Lipinski definition) is 0. The van der Waals surface area contributed by atoms with Gasteiger partial charge in [0.25, 0.3) is 0 Å². The standard InChI is InChI=1S/C20H24O/c1-2-3-4-5-6-10-19(21)17-14-13-16-12-11-15-8-7-9-18(17)20(15)16/h7-9,13-14H,2-6,10-12H2,1H3. The summed E-state index contributed by atoms with van der Waals surface area (Å²) in [5.74, 6) is 0.321. The van der Waals surface area contributed by atoms with Gasteiger partial charge in [-0.15, -0.1) is 0 Å². The Balaban J connectivity index is 1.77. The minimum atomic E-state index is 0.321. The molecule has 0 aromatic heterocycles. The lowest BCUT2D eigenvalue weighted by molar-refractivity contribution is 0.0980. The zero-order valence-corrected chi connectivity index (χ0v) is 13.0. The van der Waals surface area contributed by atoms with Crippen molar-refractivity contribution in [3.05, 3.63) is 47.0 Å². The number of hydrogen-bond acceptors (Lipinski definition) is 1. The van der Waals surface area contributed by atoms with Crippen molar-refractivity contribution in [3.63, 3.8) is 0 Å². The molecule has 2 aromatic carbocycles. The Hall–Kier alpha value is -1.63. The number of carbonyl (C=O) groups is 1. The van der Waals surface area contributed by atoms with E-state index in [1.807, 2.05) is 0 Å². The molecule has 0 radical (unpaired) electrons. The highest BCUT2D eigenvalue weighted by molar-refractivity contribution is 6.10. The second-order valence-electron chi connectivity index (χ2n) is 6.20. The highest BCUT2D eigenvalue weighted by Gasteiger charge is 2.18. The van der Waals surface area contributed by atoms with Crippen LogP contribution in [0.3, 0.4) is 0 Å². The first-order chi connectivity index (χ1) is 10.3. The van der Waals surface area contributed by atoms with Crippen molar-refractivity contribution < 1.29 is 4.79 Å². The lowest BCUT2D eigenvalue weighted by Crippen LogP contribution is -2.00. The molecule has 0 spiro atoms. The third kappa shape index (κ3) is 2.88. The lowest BCUT2D eigenvalue weighted by atomic mass is 9.95. The van der Waals surface area contributed by atoms with Crippen LogP contribution in [-0.4, -0.2) is 5.78 Å². The van der Waals surface area contributed by atoms with Crippen LogP contribution in [0.25, 0.3) is 10.8 Å². The molecule has 1 heteroatoms. The quantitative estimate of drug-likeness (QED) is 0.484. The Morgan fingerprint density at radius 2 is 1.71 bits per heavy atom. The molecule has 21 heavy (non-hydrogen) atoms. The van der Waals surface area contributed by atoms with Gasteiger partial charge in [-0.25, -0.2) is 0 Å². The number of unbranched alkanes of at least 4 members (excludes halogenated alkanes) is 4. The van der Waals surface area contributed by atoms with Gasteiger partial charge in [-0.1, -0.05) is 62.9 Å². The molecule has 0 saturated carbocycles. The van der Waals surface area contributed by atoms with Gasteiger partial charge in [-0.3, -0.25) is 4.79 Å². The molecule has 1 aliphatic rings. The number of carbonyl (C=O) groups excluding carboxylic acids is 1. The molecule has 3 rings (SSSR count).